The van der Waals surface area contributed by atoms with Crippen LogP contribution in [0.5, 0.6) is 5.75 Å². The molecular weight excluding hydrogens is 420 g/mol. The number of anilines is 2. The van der Waals surface area contributed by atoms with Crippen LogP contribution < -0.4 is 15.4 Å². The third kappa shape index (κ3) is 5.42. The van der Waals surface area contributed by atoms with Gasteiger partial charge < -0.3 is 24.8 Å². The van der Waals surface area contributed by atoms with Gasteiger partial charge in [-0.3, -0.25) is 9.59 Å². The predicted molar refractivity (Wildman–Crippen MR) is 118 cm³/mol. The minimum atomic E-state index is -0.588. The Hall–Kier alpha value is -2.91. The Kier molecular flexibility index (Phi) is 7.29. The average molecular weight is 447 g/mol. The van der Waals surface area contributed by atoms with Crippen molar-refractivity contribution in [2.24, 2.45) is 0 Å². The van der Waals surface area contributed by atoms with E-state index in [1.54, 1.807) is 52.1 Å². The maximum absolute atomic E-state index is 12.9. The van der Waals surface area contributed by atoms with Crippen LogP contribution in [0.1, 0.15) is 52.3 Å². The summed E-state index contributed by atoms with van der Waals surface area (Å²) in [6.07, 6.45) is 0.518. The number of nitrogens with one attached hydrogen (secondary N) is 2. The number of hydrogen-bond acceptors (Lipinski definition) is 7. The number of amides is 2. The van der Waals surface area contributed by atoms with Gasteiger partial charge in [-0.05, 0) is 63.4 Å². The molecule has 2 N–H and O–H groups in total. The number of esters is 1. The fourth-order valence-corrected chi connectivity index (χ4v) is 4.27. The summed E-state index contributed by atoms with van der Waals surface area (Å²) in [6.45, 7) is 5.67. The van der Waals surface area contributed by atoms with E-state index in [1.807, 2.05) is 0 Å². The van der Waals surface area contributed by atoms with Crippen molar-refractivity contribution in [1.82, 2.24) is 0 Å². The van der Waals surface area contributed by atoms with Gasteiger partial charge in [0.2, 0.25) is 0 Å². The SMILES string of the molecule is COc1ccc(NC(=O)c2sc(NC(=O)[C@H]3CCCO3)c(C(=O)OC(C)C)c2C)cc1. The Morgan fingerprint density at radius 2 is 1.87 bits per heavy atom. The van der Waals surface area contributed by atoms with Crippen LogP contribution in [-0.4, -0.2) is 43.7 Å². The first-order valence-corrected chi connectivity index (χ1v) is 10.8. The average Bonchev–Trinajstić information content (AvgIpc) is 3.36. The number of thiophene rings is 1. The Labute approximate surface area is 184 Å². The Bertz CT molecular complexity index is 961. The van der Waals surface area contributed by atoms with Crippen LogP contribution in [0.25, 0.3) is 0 Å². The molecule has 0 saturated carbocycles. The molecule has 0 spiro atoms. The quantitative estimate of drug-likeness (QED) is 0.623. The van der Waals surface area contributed by atoms with Gasteiger partial charge in [0, 0.05) is 12.3 Å². The molecule has 1 atom stereocenters. The molecule has 2 heterocycles. The molecule has 0 unspecified atom stereocenters. The number of carbonyl (C=O) groups excluding carboxylic acids is 3. The molecule has 3 rings (SSSR count). The monoisotopic (exact) mass is 446 g/mol. The molecule has 0 aliphatic carbocycles. The molecule has 1 fully saturated rings. The summed E-state index contributed by atoms with van der Waals surface area (Å²) in [5.41, 5.74) is 1.21. The van der Waals surface area contributed by atoms with E-state index in [4.69, 9.17) is 14.2 Å². The third-order valence-electron chi connectivity index (χ3n) is 4.71. The summed E-state index contributed by atoms with van der Waals surface area (Å²) >= 11 is 1.04. The van der Waals surface area contributed by atoms with Crippen molar-refractivity contribution in [3.05, 3.63) is 40.3 Å². The summed E-state index contributed by atoms with van der Waals surface area (Å²) in [6, 6.07) is 6.90. The van der Waals surface area contributed by atoms with Crippen molar-refractivity contribution in [2.45, 2.75) is 45.8 Å². The minimum absolute atomic E-state index is 0.185. The molecule has 1 aromatic carbocycles. The summed E-state index contributed by atoms with van der Waals surface area (Å²) in [5, 5.41) is 5.85. The Morgan fingerprint density at radius 3 is 2.45 bits per heavy atom. The van der Waals surface area contributed by atoms with E-state index in [0.29, 0.717) is 34.9 Å². The van der Waals surface area contributed by atoms with Crippen molar-refractivity contribution in [2.75, 3.05) is 24.4 Å². The van der Waals surface area contributed by atoms with Gasteiger partial charge in [0.1, 0.15) is 16.9 Å². The van der Waals surface area contributed by atoms with Gasteiger partial charge in [-0.2, -0.15) is 0 Å². The van der Waals surface area contributed by atoms with Crippen LogP contribution in [0.4, 0.5) is 10.7 Å². The maximum atomic E-state index is 12.9. The van der Waals surface area contributed by atoms with Gasteiger partial charge in [0.25, 0.3) is 11.8 Å². The van der Waals surface area contributed by atoms with E-state index in [2.05, 4.69) is 10.6 Å². The van der Waals surface area contributed by atoms with E-state index in [0.717, 1.165) is 17.8 Å². The largest absolute Gasteiger partial charge is 0.497 e. The zero-order chi connectivity index (χ0) is 22.5. The second kappa shape index (κ2) is 9.93. The fraction of sp³-hybridized carbons (Fsp3) is 0.409. The zero-order valence-corrected chi connectivity index (χ0v) is 18.8. The van der Waals surface area contributed by atoms with Crippen LogP contribution in [0.15, 0.2) is 24.3 Å². The van der Waals surface area contributed by atoms with Gasteiger partial charge in [-0.1, -0.05) is 0 Å². The first-order chi connectivity index (χ1) is 14.8. The summed E-state index contributed by atoms with van der Waals surface area (Å²) in [7, 11) is 1.56. The lowest BCUT2D eigenvalue weighted by Gasteiger charge is -2.12. The standard InChI is InChI=1S/C22H26N2O6S/c1-12(2)30-22(27)17-13(3)18(20(26)23-14-7-9-15(28-4)10-8-14)31-21(17)24-19(25)16-6-5-11-29-16/h7-10,12,16H,5-6,11H2,1-4H3,(H,23,26)(H,24,25)/t16-/m1/s1. The van der Waals surface area contributed by atoms with E-state index in [1.165, 1.54) is 0 Å². The molecule has 31 heavy (non-hydrogen) atoms. The predicted octanol–water partition coefficient (Wildman–Crippen LogP) is 4.00. The number of hydrogen-bond donors (Lipinski definition) is 2. The summed E-state index contributed by atoms with van der Waals surface area (Å²) < 4.78 is 15.9. The van der Waals surface area contributed by atoms with Gasteiger partial charge in [-0.15, -0.1) is 11.3 Å². The van der Waals surface area contributed by atoms with Crippen LogP contribution >= 0.6 is 11.3 Å². The number of carbonyl (C=O) groups is 3. The third-order valence-corrected chi connectivity index (χ3v) is 5.91. The van der Waals surface area contributed by atoms with Crippen molar-refractivity contribution in [3.8, 4) is 5.75 Å². The lowest BCUT2D eigenvalue weighted by atomic mass is 10.1. The van der Waals surface area contributed by atoms with Gasteiger partial charge >= 0.3 is 5.97 Å². The van der Waals surface area contributed by atoms with Gasteiger partial charge in [0.15, 0.2) is 0 Å². The Morgan fingerprint density at radius 1 is 1.16 bits per heavy atom. The zero-order valence-electron chi connectivity index (χ0n) is 17.9. The first-order valence-electron chi connectivity index (χ1n) is 10.0. The van der Waals surface area contributed by atoms with E-state index in [9.17, 15) is 14.4 Å². The van der Waals surface area contributed by atoms with Crippen LogP contribution in [0, 0.1) is 6.92 Å². The van der Waals surface area contributed by atoms with Crippen molar-refractivity contribution in [3.63, 3.8) is 0 Å². The molecule has 0 radical (unpaired) electrons. The molecule has 8 nitrogen and oxygen atoms in total. The number of benzene rings is 1. The molecule has 1 aromatic heterocycles. The first kappa shape index (κ1) is 22.8. The van der Waals surface area contributed by atoms with Gasteiger partial charge in [0.05, 0.1) is 23.7 Å². The molecular formula is C22H26N2O6S. The number of ether oxygens (including phenoxy) is 3. The Balaban J connectivity index is 1.88. The molecule has 2 amide bonds. The molecule has 1 aliphatic rings. The lowest BCUT2D eigenvalue weighted by Crippen LogP contribution is -2.27. The van der Waals surface area contributed by atoms with Crippen molar-refractivity contribution in [1.29, 1.82) is 0 Å². The minimum Gasteiger partial charge on any atom is -0.497 e. The second-order valence-corrected chi connectivity index (χ2v) is 8.41. The van der Waals surface area contributed by atoms with Crippen molar-refractivity contribution >= 4 is 39.8 Å². The fourth-order valence-electron chi connectivity index (χ4n) is 3.18. The second-order valence-electron chi connectivity index (χ2n) is 7.39. The molecule has 1 saturated heterocycles. The van der Waals surface area contributed by atoms with Crippen molar-refractivity contribution < 1.29 is 28.6 Å². The lowest BCUT2D eigenvalue weighted by molar-refractivity contribution is -0.124. The molecule has 166 valence electrons. The highest BCUT2D eigenvalue weighted by Crippen LogP contribution is 2.35. The highest BCUT2D eigenvalue weighted by molar-refractivity contribution is 7.19. The van der Waals surface area contributed by atoms with E-state index in [-0.39, 0.29) is 28.5 Å². The molecule has 1 aliphatic heterocycles. The summed E-state index contributed by atoms with van der Waals surface area (Å²) in [5.74, 6) is -0.638. The topological polar surface area (TPSA) is 103 Å². The number of rotatable bonds is 7. The van der Waals surface area contributed by atoms with E-state index >= 15 is 0 Å². The maximum Gasteiger partial charge on any atom is 0.341 e. The van der Waals surface area contributed by atoms with Gasteiger partial charge in [-0.25, -0.2) is 4.79 Å². The van der Waals surface area contributed by atoms with Crippen LogP contribution in [0.2, 0.25) is 0 Å². The van der Waals surface area contributed by atoms with E-state index < -0.39 is 12.1 Å². The van der Waals surface area contributed by atoms with Crippen LogP contribution in [0.3, 0.4) is 0 Å². The summed E-state index contributed by atoms with van der Waals surface area (Å²) in [4.78, 5) is 38.5. The molecule has 9 heteroatoms. The molecule has 2 aromatic rings. The molecule has 0 bridgehead atoms. The highest BCUT2D eigenvalue weighted by atomic mass is 32.1. The normalized spacial score (nSPS) is 15.6. The number of methoxy groups -OCH3 is 1. The highest BCUT2D eigenvalue weighted by Gasteiger charge is 2.30. The van der Waals surface area contributed by atoms with Crippen LogP contribution in [-0.2, 0) is 14.3 Å². The smallest absolute Gasteiger partial charge is 0.341 e.